The van der Waals surface area contributed by atoms with Crippen LogP contribution in [0.15, 0.2) is 59.7 Å². The van der Waals surface area contributed by atoms with Crippen LogP contribution in [0.4, 0.5) is 5.82 Å². The second-order valence-corrected chi connectivity index (χ2v) is 8.98. The number of fused-ring (bicyclic) bond motifs is 1. The minimum Gasteiger partial charge on any atom is -0.392 e. The molecule has 0 atom stereocenters. The lowest BCUT2D eigenvalue weighted by Crippen LogP contribution is -2.42. The number of pyridine rings is 1. The third-order valence-corrected chi connectivity index (χ3v) is 6.83. The number of rotatable bonds is 5. The highest BCUT2D eigenvalue weighted by Gasteiger charge is 2.27. The summed E-state index contributed by atoms with van der Waals surface area (Å²) in [6, 6.07) is 15.7. The molecule has 1 aliphatic heterocycles. The average Bonchev–Trinajstić information content (AvgIpc) is 3.63. The Hall–Kier alpha value is -3.55. The van der Waals surface area contributed by atoms with Crippen molar-refractivity contribution in [1.82, 2.24) is 19.9 Å². The molecule has 6 rings (SSSR count). The van der Waals surface area contributed by atoms with Crippen LogP contribution in [0.2, 0.25) is 0 Å². The number of nitrogens with zero attached hydrogens (tertiary/aromatic N) is 3. The molecule has 2 aliphatic rings. The first-order chi connectivity index (χ1) is 16.1. The fraction of sp³-hybridized carbons (Fsp3) is 0.269. The predicted octanol–water partition coefficient (Wildman–Crippen LogP) is 3.09. The van der Waals surface area contributed by atoms with Gasteiger partial charge in [0.25, 0.3) is 5.56 Å². The Morgan fingerprint density at radius 3 is 2.61 bits per heavy atom. The van der Waals surface area contributed by atoms with Gasteiger partial charge in [-0.15, -0.1) is 0 Å². The maximum absolute atomic E-state index is 13.9. The minimum atomic E-state index is -0.233. The Kier molecular flexibility index (Phi) is 4.74. The van der Waals surface area contributed by atoms with Gasteiger partial charge >= 0.3 is 0 Å². The zero-order valence-corrected chi connectivity index (χ0v) is 18.2. The number of nitrogen functional groups attached to an aromatic ring is 1. The van der Waals surface area contributed by atoms with Crippen molar-refractivity contribution in [3.8, 4) is 16.9 Å². The molecule has 3 heterocycles. The lowest BCUT2D eigenvalue weighted by Gasteiger charge is -2.31. The van der Waals surface area contributed by atoms with Gasteiger partial charge in [-0.25, -0.2) is 9.97 Å². The summed E-state index contributed by atoms with van der Waals surface area (Å²) in [6.45, 7) is 1.41. The van der Waals surface area contributed by atoms with E-state index in [-0.39, 0.29) is 18.1 Å². The Balaban J connectivity index is 1.61. The Bertz CT molecular complexity index is 1440. The third-order valence-electron chi connectivity index (χ3n) is 6.83. The number of nitrogens with one attached hydrogen (secondary N) is 1. The van der Waals surface area contributed by atoms with Crippen LogP contribution < -0.4 is 16.6 Å². The normalized spacial score (nSPS) is 16.2. The van der Waals surface area contributed by atoms with Crippen LogP contribution in [0.25, 0.3) is 27.7 Å². The van der Waals surface area contributed by atoms with Crippen LogP contribution in [0.1, 0.15) is 41.5 Å². The number of nitrogens with two attached hydrogens (primary N) is 1. The van der Waals surface area contributed by atoms with Gasteiger partial charge in [-0.3, -0.25) is 9.36 Å². The smallest absolute Gasteiger partial charge is 0.263 e. The molecule has 2 fully saturated rings. The quantitative estimate of drug-likeness (QED) is 0.441. The van der Waals surface area contributed by atoms with E-state index in [9.17, 15) is 9.90 Å². The highest BCUT2D eigenvalue weighted by atomic mass is 16.3. The average molecular weight is 440 g/mol. The van der Waals surface area contributed by atoms with Crippen LogP contribution in [-0.4, -0.2) is 32.7 Å². The van der Waals surface area contributed by atoms with Crippen molar-refractivity contribution in [2.24, 2.45) is 0 Å². The number of hydrogen-bond acceptors (Lipinski definition) is 6. The first kappa shape index (κ1) is 20.1. The zero-order chi connectivity index (χ0) is 22.5. The summed E-state index contributed by atoms with van der Waals surface area (Å²) >= 11 is 0. The van der Waals surface area contributed by atoms with E-state index in [1.54, 1.807) is 10.6 Å². The highest BCUT2D eigenvalue weighted by molar-refractivity contribution is 5.84. The second-order valence-electron chi connectivity index (χ2n) is 8.98. The first-order valence-corrected chi connectivity index (χ1v) is 11.4. The van der Waals surface area contributed by atoms with E-state index in [1.165, 1.54) is 24.7 Å². The molecule has 0 amide bonds. The maximum atomic E-state index is 13.9. The molecule has 4 N–H and O–H groups in total. The minimum absolute atomic E-state index is 0.0641. The SMILES string of the molecule is Nc1cc(-c2cccc(-n3c(C4CNC4)cc4cc(C5CC5)ccc4c3=O)c2CO)ncn1. The molecule has 4 aromatic rings. The summed E-state index contributed by atoms with van der Waals surface area (Å²) in [5.74, 6) is 1.21. The molecule has 7 nitrogen and oxygen atoms in total. The number of hydrogen-bond donors (Lipinski definition) is 3. The Labute approximate surface area is 190 Å². The van der Waals surface area contributed by atoms with E-state index >= 15 is 0 Å². The van der Waals surface area contributed by atoms with Crippen LogP contribution in [-0.2, 0) is 6.61 Å². The summed E-state index contributed by atoms with van der Waals surface area (Å²) in [7, 11) is 0. The van der Waals surface area contributed by atoms with Gasteiger partial charge in [0, 0.05) is 47.3 Å². The molecule has 0 bridgehead atoms. The predicted molar refractivity (Wildman–Crippen MR) is 128 cm³/mol. The maximum Gasteiger partial charge on any atom is 0.263 e. The number of benzene rings is 2. The van der Waals surface area contributed by atoms with Crippen molar-refractivity contribution < 1.29 is 5.11 Å². The van der Waals surface area contributed by atoms with E-state index in [0.717, 1.165) is 29.7 Å². The fourth-order valence-electron chi connectivity index (χ4n) is 4.78. The lowest BCUT2D eigenvalue weighted by molar-refractivity contribution is 0.282. The summed E-state index contributed by atoms with van der Waals surface area (Å²) in [4.78, 5) is 22.2. The van der Waals surface area contributed by atoms with Gasteiger partial charge in [0.2, 0.25) is 0 Å². The highest BCUT2D eigenvalue weighted by Crippen LogP contribution is 2.41. The Morgan fingerprint density at radius 2 is 1.91 bits per heavy atom. The van der Waals surface area contributed by atoms with Gasteiger partial charge in [-0.05, 0) is 47.9 Å². The van der Waals surface area contributed by atoms with Gasteiger partial charge in [-0.2, -0.15) is 0 Å². The number of anilines is 1. The van der Waals surface area contributed by atoms with Crippen molar-refractivity contribution in [3.63, 3.8) is 0 Å². The summed E-state index contributed by atoms with van der Waals surface area (Å²) < 4.78 is 1.78. The summed E-state index contributed by atoms with van der Waals surface area (Å²) in [6.07, 6.45) is 3.86. The van der Waals surface area contributed by atoms with Crippen molar-refractivity contribution in [2.45, 2.75) is 31.3 Å². The van der Waals surface area contributed by atoms with Gasteiger partial charge in [0.15, 0.2) is 0 Å². The standard InChI is InChI=1S/C26H25N5O2/c27-25-10-22(29-14-30-25)20-2-1-3-23(21(20)13-32)31-24(18-11-28-12-18)9-17-8-16(15-4-5-15)6-7-19(17)26(31)33/h1-3,6-10,14-15,18,28,32H,4-5,11-13H2,(H2,27,29,30). The molecule has 1 saturated heterocycles. The van der Waals surface area contributed by atoms with Gasteiger partial charge in [-0.1, -0.05) is 24.3 Å². The van der Waals surface area contributed by atoms with Crippen molar-refractivity contribution >= 4 is 16.6 Å². The van der Waals surface area contributed by atoms with Crippen molar-refractivity contribution in [3.05, 3.63) is 82.0 Å². The molecule has 2 aromatic heterocycles. The molecule has 0 spiro atoms. The summed E-state index contributed by atoms with van der Waals surface area (Å²) in [5.41, 5.74) is 10.8. The van der Waals surface area contributed by atoms with Crippen LogP contribution >= 0.6 is 0 Å². The summed E-state index contributed by atoms with van der Waals surface area (Å²) in [5, 5.41) is 15.4. The molecular weight excluding hydrogens is 414 g/mol. The molecule has 2 aromatic carbocycles. The molecule has 1 aliphatic carbocycles. The molecule has 0 radical (unpaired) electrons. The third kappa shape index (κ3) is 3.41. The largest absolute Gasteiger partial charge is 0.392 e. The van der Waals surface area contributed by atoms with Gasteiger partial charge < -0.3 is 16.2 Å². The van der Waals surface area contributed by atoms with E-state index in [2.05, 4.69) is 33.5 Å². The monoisotopic (exact) mass is 439 g/mol. The number of aliphatic hydroxyl groups is 1. The van der Waals surface area contributed by atoms with Crippen LogP contribution in [0.5, 0.6) is 0 Å². The van der Waals surface area contributed by atoms with E-state index in [1.807, 2.05) is 24.3 Å². The second kappa shape index (κ2) is 7.79. The topological polar surface area (TPSA) is 106 Å². The van der Waals surface area contributed by atoms with Crippen molar-refractivity contribution in [1.29, 1.82) is 0 Å². The molecule has 1 saturated carbocycles. The van der Waals surface area contributed by atoms with E-state index in [4.69, 9.17) is 5.73 Å². The zero-order valence-electron chi connectivity index (χ0n) is 18.2. The molecule has 0 unspecified atom stereocenters. The Morgan fingerprint density at radius 1 is 1.06 bits per heavy atom. The number of aromatic nitrogens is 3. The molecule has 166 valence electrons. The molecule has 33 heavy (non-hydrogen) atoms. The van der Waals surface area contributed by atoms with Crippen LogP contribution in [0, 0.1) is 0 Å². The first-order valence-electron chi connectivity index (χ1n) is 11.4. The van der Waals surface area contributed by atoms with Gasteiger partial charge in [0.1, 0.15) is 12.1 Å². The van der Waals surface area contributed by atoms with E-state index in [0.29, 0.717) is 34.1 Å². The molecule has 7 heteroatoms. The number of aliphatic hydroxyl groups excluding tert-OH is 1. The van der Waals surface area contributed by atoms with Crippen molar-refractivity contribution in [2.75, 3.05) is 18.8 Å². The fourth-order valence-corrected chi connectivity index (χ4v) is 4.78. The van der Waals surface area contributed by atoms with Crippen LogP contribution in [0.3, 0.4) is 0 Å². The van der Waals surface area contributed by atoms with Gasteiger partial charge in [0.05, 0.1) is 18.0 Å². The molecular formula is C26H25N5O2. The lowest BCUT2D eigenvalue weighted by atomic mass is 9.94. The van der Waals surface area contributed by atoms with E-state index < -0.39 is 0 Å².